The molecule has 6 nitrogen and oxygen atoms in total. The van der Waals surface area contributed by atoms with Gasteiger partial charge in [0, 0.05) is 11.9 Å². The topological polar surface area (TPSA) is 87.0 Å². The van der Waals surface area contributed by atoms with Crippen molar-refractivity contribution in [2.75, 3.05) is 17.2 Å². The van der Waals surface area contributed by atoms with Crippen molar-refractivity contribution in [3.05, 3.63) is 78.1 Å². The van der Waals surface area contributed by atoms with Gasteiger partial charge in [-0.05, 0) is 49.4 Å². The van der Waals surface area contributed by atoms with Gasteiger partial charge in [0.1, 0.15) is 11.8 Å². The number of para-hydroxylation sites is 1. The first-order valence-electron chi connectivity index (χ1n) is 8.45. The molecule has 0 unspecified atom stereocenters. The number of carbonyl (C=O) groups excluding carboxylic acids is 1. The Morgan fingerprint density at radius 3 is 2.63 bits per heavy atom. The van der Waals surface area contributed by atoms with Crippen LogP contribution >= 0.6 is 0 Å². The number of ether oxygens (including phenoxy) is 1. The number of carbonyl (C=O) groups is 1. The highest BCUT2D eigenvalue weighted by atomic mass is 16.5. The highest BCUT2D eigenvalue weighted by molar-refractivity contribution is 6.05. The molecule has 0 aliphatic carbocycles. The van der Waals surface area contributed by atoms with E-state index in [4.69, 9.17) is 10.00 Å². The molecule has 6 heteroatoms. The van der Waals surface area contributed by atoms with Crippen LogP contribution in [-0.4, -0.2) is 17.5 Å². The fourth-order valence-corrected chi connectivity index (χ4v) is 2.48. The standard InChI is InChI=1S/C21H18N4O2/c1-2-27-19-9-7-17(8-10-19)24-18-11-16(13-23-14-18)21(26)25-20-6-4-3-5-15(20)12-22/h3-11,13-14,24H,2H2,1H3,(H,25,26). The molecular formula is C21H18N4O2. The Kier molecular flexibility index (Phi) is 5.65. The van der Waals surface area contributed by atoms with Gasteiger partial charge in [0.05, 0.1) is 35.3 Å². The quantitative estimate of drug-likeness (QED) is 0.684. The van der Waals surface area contributed by atoms with Gasteiger partial charge in [-0.1, -0.05) is 12.1 Å². The molecule has 2 aromatic carbocycles. The highest BCUT2D eigenvalue weighted by Crippen LogP contribution is 2.21. The minimum Gasteiger partial charge on any atom is -0.494 e. The monoisotopic (exact) mass is 358 g/mol. The molecule has 0 saturated heterocycles. The second-order valence-corrected chi connectivity index (χ2v) is 5.66. The third-order valence-corrected chi connectivity index (χ3v) is 3.75. The van der Waals surface area contributed by atoms with Crippen LogP contribution in [0.5, 0.6) is 5.75 Å². The van der Waals surface area contributed by atoms with Crippen molar-refractivity contribution in [2.45, 2.75) is 6.92 Å². The summed E-state index contributed by atoms with van der Waals surface area (Å²) in [7, 11) is 0. The van der Waals surface area contributed by atoms with Gasteiger partial charge in [-0.15, -0.1) is 0 Å². The Hall–Kier alpha value is -3.85. The van der Waals surface area contributed by atoms with Crippen LogP contribution in [0.3, 0.4) is 0 Å². The molecule has 0 aliphatic heterocycles. The molecule has 0 atom stereocenters. The van der Waals surface area contributed by atoms with Crippen LogP contribution in [-0.2, 0) is 0 Å². The molecule has 27 heavy (non-hydrogen) atoms. The van der Waals surface area contributed by atoms with E-state index in [9.17, 15) is 4.79 Å². The van der Waals surface area contributed by atoms with Crippen molar-refractivity contribution in [3.8, 4) is 11.8 Å². The van der Waals surface area contributed by atoms with Gasteiger partial charge in [-0.3, -0.25) is 9.78 Å². The molecule has 3 rings (SSSR count). The normalized spacial score (nSPS) is 9.93. The second kappa shape index (κ2) is 8.50. The Balaban J connectivity index is 1.73. The number of aromatic nitrogens is 1. The minimum atomic E-state index is -0.333. The number of rotatable bonds is 6. The van der Waals surface area contributed by atoms with Crippen LogP contribution in [0.25, 0.3) is 0 Å². The summed E-state index contributed by atoms with van der Waals surface area (Å²) in [5.41, 5.74) is 2.80. The van der Waals surface area contributed by atoms with Gasteiger partial charge in [0.15, 0.2) is 0 Å². The average molecular weight is 358 g/mol. The maximum atomic E-state index is 12.5. The molecule has 134 valence electrons. The van der Waals surface area contributed by atoms with Crippen molar-refractivity contribution < 1.29 is 9.53 Å². The third kappa shape index (κ3) is 4.61. The summed E-state index contributed by atoms with van der Waals surface area (Å²) < 4.78 is 5.42. The van der Waals surface area contributed by atoms with Crippen molar-refractivity contribution >= 4 is 23.0 Å². The maximum absolute atomic E-state index is 12.5. The zero-order chi connectivity index (χ0) is 19.1. The smallest absolute Gasteiger partial charge is 0.257 e. The number of nitriles is 1. The van der Waals surface area contributed by atoms with E-state index < -0.39 is 0 Å². The summed E-state index contributed by atoms with van der Waals surface area (Å²) in [6.07, 6.45) is 3.12. The lowest BCUT2D eigenvalue weighted by atomic mass is 10.2. The number of hydrogen-bond acceptors (Lipinski definition) is 5. The SMILES string of the molecule is CCOc1ccc(Nc2cncc(C(=O)Nc3ccccc3C#N)c2)cc1. The van der Waals surface area contributed by atoms with E-state index >= 15 is 0 Å². The third-order valence-electron chi connectivity index (χ3n) is 3.75. The molecule has 2 N–H and O–H groups in total. The summed E-state index contributed by atoms with van der Waals surface area (Å²) in [4.78, 5) is 16.6. The van der Waals surface area contributed by atoms with E-state index in [0.29, 0.717) is 29.1 Å². The van der Waals surface area contributed by atoms with Gasteiger partial charge in [-0.2, -0.15) is 5.26 Å². The zero-order valence-corrected chi connectivity index (χ0v) is 14.8. The Morgan fingerprint density at radius 2 is 1.89 bits per heavy atom. The molecule has 3 aromatic rings. The number of hydrogen-bond donors (Lipinski definition) is 2. The molecular weight excluding hydrogens is 340 g/mol. The van der Waals surface area contributed by atoms with E-state index in [0.717, 1.165) is 11.4 Å². The lowest BCUT2D eigenvalue weighted by Crippen LogP contribution is -2.13. The minimum absolute atomic E-state index is 0.333. The predicted octanol–water partition coefficient (Wildman–Crippen LogP) is 4.35. The van der Waals surface area contributed by atoms with Crippen molar-refractivity contribution in [2.24, 2.45) is 0 Å². The summed E-state index contributed by atoms with van der Waals surface area (Å²) in [5.74, 6) is 0.464. The van der Waals surface area contributed by atoms with Gasteiger partial charge in [0.2, 0.25) is 0 Å². The number of anilines is 3. The zero-order valence-electron chi connectivity index (χ0n) is 14.8. The predicted molar refractivity (Wildman–Crippen MR) is 104 cm³/mol. The van der Waals surface area contributed by atoms with E-state index in [1.165, 1.54) is 6.20 Å². The number of nitrogens with zero attached hydrogens (tertiary/aromatic N) is 2. The Bertz CT molecular complexity index is 978. The lowest BCUT2D eigenvalue weighted by Gasteiger charge is -2.10. The molecule has 0 radical (unpaired) electrons. The maximum Gasteiger partial charge on any atom is 0.257 e. The van der Waals surface area contributed by atoms with Gasteiger partial charge in [-0.25, -0.2) is 0 Å². The van der Waals surface area contributed by atoms with Crippen LogP contribution in [0.1, 0.15) is 22.8 Å². The molecule has 0 saturated carbocycles. The van der Waals surface area contributed by atoms with Crippen LogP contribution in [0.2, 0.25) is 0 Å². The van der Waals surface area contributed by atoms with E-state index in [1.54, 1.807) is 36.5 Å². The number of nitrogens with one attached hydrogen (secondary N) is 2. The fraction of sp³-hybridized carbons (Fsp3) is 0.0952. The Labute approximate surface area is 157 Å². The molecule has 1 heterocycles. The number of benzene rings is 2. The van der Waals surface area contributed by atoms with Gasteiger partial charge in [0.25, 0.3) is 5.91 Å². The highest BCUT2D eigenvalue weighted by Gasteiger charge is 2.10. The van der Waals surface area contributed by atoms with Crippen LogP contribution in [0.15, 0.2) is 67.0 Å². The van der Waals surface area contributed by atoms with Crippen molar-refractivity contribution in [3.63, 3.8) is 0 Å². The summed E-state index contributed by atoms with van der Waals surface area (Å²) in [6, 6.07) is 18.1. The first-order valence-corrected chi connectivity index (χ1v) is 8.45. The van der Waals surface area contributed by atoms with E-state index in [1.807, 2.05) is 31.2 Å². The molecule has 1 amide bonds. The van der Waals surface area contributed by atoms with Crippen LogP contribution in [0, 0.1) is 11.3 Å². The van der Waals surface area contributed by atoms with Crippen molar-refractivity contribution in [1.29, 1.82) is 5.26 Å². The fourth-order valence-electron chi connectivity index (χ4n) is 2.48. The number of pyridine rings is 1. The van der Waals surface area contributed by atoms with Crippen molar-refractivity contribution in [1.82, 2.24) is 4.98 Å². The average Bonchev–Trinajstić information content (AvgIpc) is 2.70. The van der Waals surface area contributed by atoms with Crippen LogP contribution in [0.4, 0.5) is 17.1 Å². The number of amides is 1. The summed E-state index contributed by atoms with van der Waals surface area (Å²) >= 11 is 0. The largest absolute Gasteiger partial charge is 0.494 e. The van der Waals surface area contributed by atoms with Gasteiger partial charge < -0.3 is 15.4 Å². The molecule has 0 fully saturated rings. The first kappa shape index (κ1) is 18.0. The molecule has 1 aromatic heterocycles. The van der Waals surface area contributed by atoms with E-state index in [2.05, 4.69) is 21.7 Å². The molecule has 0 aliphatic rings. The molecule has 0 bridgehead atoms. The Morgan fingerprint density at radius 1 is 1.11 bits per heavy atom. The summed E-state index contributed by atoms with van der Waals surface area (Å²) in [5, 5.41) is 15.1. The lowest BCUT2D eigenvalue weighted by molar-refractivity contribution is 0.102. The summed E-state index contributed by atoms with van der Waals surface area (Å²) in [6.45, 7) is 2.55. The second-order valence-electron chi connectivity index (χ2n) is 5.66. The van der Waals surface area contributed by atoms with Crippen LogP contribution < -0.4 is 15.4 Å². The molecule has 0 spiro atoms. The first-order chi connectivity index (χ1) is 13.2. The van der Waals surface area contributed by atoms with E-state index in [-0.39, 0.29) is 5.91 Å². The van der Waals surface area contributed by atoms with Gasteiger partial charge >= 0.3 is 0 Å².